The Bertz CT molecular complexity index is 268. The molecule has 1 N–H and O–H groups in total. The minimum absolute atomic E-state index is 0.647. The third-order valence-corrected chi connectivity index (χ3v) is 1.85. The molecule has 12 heavy (non-hydrogen) atoms. The highest BCUT2D eigenvalue weighted by molar-refractivity contribution is 5.84. The van der Waals surface area contributed by atoms with Crippen LogP contribution < -0.4 is 5.43 Å². The van der Waals surface area contributed by atoms with Crippen LogP contribution >= 0.6 is 0 Å². The highest BCUT2D eigenvalue weighted by Gasteiger charge is 2.22. The van der Waals surface area contributed by atoms with Gasteiger partial charge in [0, 0.05) is 18.5 Å². The van der Waals surface area contributed by atoms with E-state index in [1.807, 2.05) is 11.2 Å². The summed E-state index contributed by atoms with van der Waals surface area (Å²) in [6.07, 6.45) is 11.4. The lowest BCUT2D eigenvalue weighted by Crippen LogP contribution is -2.36. The summed E-state index contributed by atoms with van der Waals surface area (Å²) >= 11 is 0. The molecule has 0 amide bonds. The van der Waals surface area contributed by atoms with Crippen molar-refractivity contribution in [1.29, 1.82) is 0 Å². The van der Waals surface area contributed by atoms with Crippen molar-refractivity contribution in [3.8, 4) is 12.3 Å². The third kappa shape index (κ3) is 1.66. The first kappa shape index (κ1) is 7.38. The van der Waals surface area contributed by atoms with Crippen molar-refractivity contribution in [2.45, 2.75) is 18.9 Å². The van der Waals surface area contributed by atoms with Crippen LogP contribution in [0.2, 0.25) is 0 Å². The van der Waals surface area contributed by atoms with Crippen LogP contribution in [0.25, 0.3) is 0 Å². The van der Waals surface area contributed by atoms with Gasteiger partial charge in [-0.1, -0.05) is 5.92 Å². The number of aliphatic imine (C=N–C) groups is 1. The molecule has 2 aliphatic rings. The molecule has 0 spiro atoms. The van der Waals surface area contributed by atoms with E-state index in [9.17, 15) is 0 Å². The van der Waals surface area contributed by atoms with E-state index < -0.39 is 0 Å². The highest BCUT2D eigenvalue weighted by Crippen LogP contribution is 2.19. The molecular formula is C9H11N3. The maximum absolute atomic E-state index is 5.25. The van der Waals surface area contributed by atoms with E-state index in [4.69, 9.17) is 6.42 Å². The SMILES string of the molecule is C#CC1=CN(NC2CC2)CN=C1. The smallest absolute Gasteiger partial charge is 0.124 e. The van der Waals surface area contributed by atoms with Gasteiger partial charge in [-0.05, 0) is 12.8 Å². The molecule has 0 radical (unpaired) electrons. The molecule has 3 heteroatoms. The number of hydrazine groups is 1. The molecule has 0 aromatic carbocycles. The summed E-state index contributed by atoms with van der Waals surface area (Å²) in [6.45, 7) is 0.668. The summed E-state index contributed by atoms with van der Waals surface area (Å²) in [5, 5.41) is 1.95. The first-order valence-corrected chi connectivity index (χ1v) is 4.09. The van der Waals surface area contributed by atoms with E-state index in [0.29, 0.717) is 12.7 Å². The average Bonchev–Trinajstić information content (AvgIpc) is 2.89. The molecule has 1 fully saturated rings. The van der Waals surface area contributed by atoms with Crippen molar-refractivity contribution < 1.29 is 0 Å². The Morgan fingerprint density at radius 1 is 1.67 bits per heavy atom. The van der Waals surface area contributed by atoms with Crippen molar-refractivity contribution in [1.82, 2.24) is 10.4 Å². The zero-order valence-electron chi connectivity index (χ0n) is 6.83. The van der Waals surface area contributed by atoms with Crippen LogP contribution in [-0.4, -0.2) is 23.9 Å². The number of hydrogen-bond acceptors (Lipinski definition) is 3. The van der Waals surface area contributed by atoms with Gasteiger partial charge in [0.2, 0.25) is 0 Å². The van der Waals surface area contributed by atoms with Gasteiger partial charge in [0.05, 0.1) is 5.57 Å². The lowest BCUT2D eigenvalue weighted by atomic mass is 10.3. The van der Waals surface area contributed by atoms with E-state index in [2.05, 4.69) is 16.3 Å². The Morgan fingerprint density at radius 2 is 2.50 bits per heavy atom. The Balaban J connectivity index is 1.95. The number of nitrogens with one attached hydrogen (secondary N) is 1. The Hall–Kier alpha value is -1.27. The van der Waals surface area contributed by atoms with E-state index in [0.717, 1.165) is 5.57 Å². The van der Waals surface area contributed by atoms with Gasteiger partial charge >= 0.3 is 0 Å². The number of hydrogen-bond donors (Lipinski definition) is 1. The van der Waals surface area contributed by atoms with E-state index >= 15 is 0 Å². The average molecular weight is 161 g/mol. The van der Waals surface area contributed by atoms with Gasteiger partial charge in [-0.25, -0.2) is 5.43 Å². The highest BCUT2D eigenvalue weighted by atomic mass is 15.5. The van der Waals surface area contributed by atoms with Crippen molar-refractivity contribution in [3.05, 3.63) is 11.8 Å². The van der Waals surface area contributed by atoms with Crippen LogP contribution in [0.15, 0.2) is 16.8 Å². The maximum atomic E-state index is 5.25. The number of allylic oxidation sites excluding steroid dienone is 1. The lowest BCUT2D eigenvalue weighted by Gasteiger charge is -2.21. The van der Waals surface area contributed by atoms with Gasteiger partial charge in [-0.3, -0.25) is 10.0 Å². The summed E-state index contributed by atoms with van der Waals surface area (Å²) in [5.74, 6) is 2.56. The monoisotopic (exact) mass is 161 g/mol. The molecule has 0 unspecified atom stereocenters. The largest absolute Gasteiger partial charge is 0.293 e. The van der Waals surface area contributed by atoms with Gasteiger partial charge in [0.25, 0.3) is 0 Å². The van der Waals surface area contributed by atoms with Crippen molar-refractivity contribution in [3.63, 3.8) is 0 Å². The number of terminal acetylenes is 1. The lowest BCUT2D eigenvalue weighted by molar-refractivity contribution is 0.271. The Labute approximate surface area is 72.1 Å². The van der Waals surface area contributed by atoms with Gasteiger partial charge in [0.1, 0.15) is 6.67 Å². The van der Waals surface area contributed by atoms with Crippen LogP contribution in [0.4, 0.5) is 0 Å². The summed E-state index contributed by atoms with van der Waals surface area (Å²) in [4.78, 5) is 4.12. The Kier molecular flexibility index (Phi) is 1.84. The predicted molar refractivity (Wildman–Crippen MR) is 48.3 cm³/mol. The van der Waals surface area contributed by atoms with Crippen molar-refractivity contribution in [2.24, 2.45) is 4.99 Å². The zero-order valence-corrected chi connectivity index (χ0v) is 6.83. The first-order chi connectivity index (χ1) is 5.88. The fourth-order valence-corrected chi connectivity index (χ4v) is 1.07. The van der Waals surface area contributed by atoms with E-state index in [1.165, 1.54) is 12.8 Å². The van der Waals surface area contributed by atoms with Crippen LogP contribution in [0.1, 0.15) is 12.8 Å². The second-order valence-corrected chi connectivity index (χ2v) is 3.06. The zero-order chi connectivity index (χ0) is 8.39. The molecule has 1 heterocycles. The van der Waals surface area contributed by atoms with E-state index in [-0.39, 0.29) is 0 Å². The standard InChI is InChI=1S/C9H11N3/c1-2-8-5-10-7-12(6-8)11-9-3-4-9/h1,5-6,9,11H,3-4,7H2. The first-order valence-electron chi connectivity index (χ1n) is 4.09. The molecule has 62 valence electrons. The quantitative estimate of drug-likeness (QED) is 0.598. The molecule has 3 nitrogen and oxygen atoms in total. The molecule has 0 atom stereocenters. The van der Waals surface area contributed by atoms with Gasteiger partial charge in [0.15, 0.2) is 0 Å². The predicted octanol–water partition coefficient (Wildman–Crippen LogP) is 0.514. The van der Waals surface area contributed by atoms with E-state index in [1.54, 1.807) is 6.21 Å². The molecule has 1 aliphatic carbocycles. The summed E-state index contributed by atoms with van der Waals surface area (Å²) in [7, 11) is 0. The molecule has 1 aliphatic heterocycles. The van der Waals surface area contributed by atoms with Gasteiger partial charge in [-0.15, -0.1) is 6.42 Å². The Morgan fingerprint density at radius 3 is 3.17 bits per heavy atom. The van der Waals surface area contributed by atoms with Crippen molar-refractivity contribution in [2.75, 3.05) is 6.67 Å². The summed E-state index contributed by atoms with van der Waals surface area (Å²) < 4.78 is 0. The van der Waals surface area contributed by atoms with Crippen LogP contribution in [0, 0.1) is 12.3 Å². The minimum atomic E-state index is 0.647. The third-order valence-electron chi connectivity index (χ3n) is 1.85. The fourth-order valence-electron chi connectivity index (χ4n) is 1.07. The summed E-state index contributed by atoms with van der Waals surface area (Å²) in [6, 6.07) is 0.647. The van der Waals surface area contributed by atoms with Gasteiger partial charge in [-0.2, -0.15) is 0 Å². The van der Waals surface area contributed by atoms with Crippen LogP contribution in [-0.2, 0) is 0 Å². The summed E-state index contributed by atoms with van der Waals surface area (Å²) in [5.41, 5.74) is 4.13. The molecular weight excluding hydrogens is 150 g/mol. The second-order valence-electron chi connectivity index (χ2n) is 3.06. The second kappa shape index (κ2) is 3.00. The molecule has 0 aromatic rings. The number of rotatable bonds is 2. The minimum Gasteiger partial charge on any atom is -0.293 e. The van der Waals surface area contributed by atoms with Gasteiger partial charge < -0.3 is 0 Å². The van der Waals surface area contributed by atoms with Crippen LogP contribution in [0.5, 0.6) is 0 Å². The normalized spacial score (nSPS) is 21.9. The topological polar surface area (TPSA) is 27.6 Å². The molecule has 1 saturated carbocycles. The molecule has 2 rings (SSSR count). The molecule has 0 aromatic heterocycles. The van der Waals surface area contributed by atoms with Crippen molar-refractivity contribution >= 4 is 6.21 Å². The molecule has 0 saturated heterocycles. The fraction of sp³-hybridized carbons (Fsp3) is 0.444. The number of nitrogens with zero attached hydrogens (tertiary/aromatic N) is 2. The maximum Gasteiger partial charge on any atom is 0.124 e. The van der Waals surface area contributed by atoms with Crippen LogP contribution in [0.3, 0.4) is 0 Å². The molecule has 0 bridgehead atoms.